The first-order chi connectivity index (χ1) is 9.79. The Kier molecular flexibility index (Phi) is 4.08. The Labute approximate surface area is 131 Å². The minimum absolute atomic E-state index is 0.620. The highest BCUT2D eigenvalue weighted by molar-refractivity contribution is 9.08. The Balaban J connectivity index is 1.87. The zero-order valence-electron chi connectivity index (χ0n) is 11.2. The molecule has 1 aromatic heterocycles. The van der Waals surface area contributed by atoms with E-state index in [1.807, 2.05) is 0 Å². The molecule has 0 aliphatic heterocycles. The van der Waals surface area contributed by atoms with E-state index in [2.05, 4.69) is 70.7 Å². The first-order valence-corrected chi connectivity index (χ1v) is 8.52. The van der Waals surface area contributed by atoms with Crippen LogP contribution in [0.25, 0.3) is 10.1 Å². The van der Waals surface area contributed by atoms with E-state index in [-0.39, 0.29) is 0 Å². The largest absolute Gasteiger partial charge is 0.488 e. The van der Waals surface area contributed by atoms with Crippen LogP contribution in [0.5, 0.6) is 5.75 Å². The van der Waals surface area contributed by atoms with Gasteiger partial charge in [0.25, 0.3) is 0 Å². The molecule has 0 atom stereocenters. The summed E-state index contributed by atoms with van der Waals surface area (Å²) < 4.78 is 7.40. The number of para-hydroxylation sites is 1. The summed E-state index contributed by atoms with van der Waals surface area (Å²) in [6.45, 7) is 2.71. The third-order valence-corrected chi connectivity index (χ3v) is 4.99. The molecule has 20 heavy (non-hydrogen) atoms. The minimum atomic E-state index is 0.620. The van der Waals surface area contributed by atoms with E-state index >= 15 is 0 Å². The van der Waals surface area contributed by atoms with Gasteiger partial charge in [-0.05, 0) is 29.3 Å². The van der Waals surface area contributed by atoms with Crippen molar-refractivity contribution in [2.24, 2.45) is 0 Å². The summed E-state index contributed by atoms with van der Waals surface area (Å²) in [6, 6.07) is 14.7. The van der Waals surface area contributed by atoms with Gasteiger partial charge in [-0.2, -0.15) is 0 Å². The van der Waals surface area contributed by atoms with Crippen molar-refractivity contribution in [1.82, 2.24) is 0 Å². The molecule has 0 saturated heterocycles. The molecule has 1 heterocycles. The number of fused-ring (bicyclic) bond motifs is 1. The molecular formula is C17H15BrOS. The van der Waals surface area contributed by atoms with E-state index in [1.165, 1.54) is 26.8 Å². The number of hydrogen-bond donors (Lipinski definition) is 0. The van der Waals surface area contributed by atoms with Gasteiger partial charge in [-0.3, -0.25) is 0 Å². The third-order valence-electron chi connectivity index (χ3n) is 3.37. The second-order valence-corrected chi connectivity index (χ2v) is 6.21. The second-order valence-electron chi connectivity index (χ2n) is 4.74. The SMILES string of the molecule is Cc1cccc(CBr)c1OCc1csc2ccccc12. The predicted molar refractivity (Wildman–Crippen MR) is 90.0 cm³/mol. The van der Waals surface area contributed by atoms with Crippen LogP contribution in [-0.2, 0) is 11.9 Å². The van der Waals surface area contributed by atoms with Gasteiger partial charge in [-0.25, -0.2) is 0 Å². The lowest BCUT2D eigenvalue weighted by molar-refractivity contribution is 0.303. The van der Waals surface area contributed by atoms with Crippen LogP contribution in [0.2, 0.25) is 0 Å². The molecule has 3 rings (SSSR count). The van der Waals surface area contributed by atoms with Gasteiger partial charge in [0.05, 0.1) is 0 Å². The number of rotatable bonds is 4. The van der Waals surface area contributed by atoms with Crippen LogP contribution in [0.3, 0.4) is 0 Å². The summed E-state index contributed by atoms with van der Waals surface area (Å²) in [5.74, 6) is 1.000. The van der Waals surface area contributed by atoms with Crippen LogP contribution in [0, 0.1) is 6.92 Å². The molecule has 0 bridgehead atoms. The average molecular weight is 347 g/mol. The third kappa shape index (κ3) is 2.60. The zero-order chi connectivity index (χ0) is 13.9. The van der Waals surface area contributed by atoms with E-state index in [1.54, 1.807) is 11.3 Å². The molecule has 3 aromatic rings. The molecule has 0 aliphatic rings. The van der Waals surface area contributed by atoms with Gasteiger partial charge in [0, 0.05) is 21.2 Å². The summed E-state index contributed by atoms with van der Waals surface area (Å²) in [5, 5.41) is 4.30. The van der Waals surface area contributed by atoms with Crippen molar-refractivity contribution >= 4 is 37.4 Å². The standard InChI is InChI=1S/C17H15BrOS/c1-12-5-4-6-13(9-18)17(12)19-10-14-11-20-16-8-3-2-7-15(14)16/h2-8,11H,9-10H2,1H3. The number of halogens is 1. The molecule has 0 spiro atoms. The molecule has 0 fully saturated rings. The van der Waals surface area contributed by atoms with E-state index in [4.69, 9.17) is 4.74 Å². The van der Waals surface area contributed by atoms with Crippen molar-refractivity contribution in [3.63, 3.8) is 0 Å². The normalized spacial score (nSPS) is 10.9. The molecule has 0 radical (unpaired) electrons. The van der Waals surface area contributed by atoms with E-state index in [0.29, 0.717) is 6.61 Å². The number of benzene rings is 2. The molecule has 2 aromatic carbocycles. The number of thiophene rings is 1. The van der Waals surface area contributed by atoms with Crippen LogP contribution < -0.4 is 4.74 Å². The lowest BCUT2D eigenvalue weighted by Crippen LogP contribution is -1.99. The molecule has 0 unspecified atom stereocenters. The van der Waals surface area contributed by atoms with Crippen LogP contribution in [-0.4, -0.2) is 0 Å². The number of ether oxygens (including phenoxy) is 1. The molecule has 0 N–H and O–H groups in total. The minimum Gasteiger partial charge on any atom is -0.488 e. The van der Waals surface area contributed by atoms with Crippen molar-refractivity contribution in [3.8, 4) is 5.75 Å². The molecule has 0 aliphatic carbocycles. The van der Waals surface area contributed by atoms with Gasteiger partial charge >= 0.3 is 0 Å². The van der Waals surface area contributed by atoms with Gasteiger partial charge < -0.3 is 4.74 Å². The lowest BCUT2D eigenvalue weighted by Gasteiger charge is -2.12. The summed E-state index contributed by atoms with van der Waals surface area (Å²) in [5.41, 5.74) is 3.64. The topological polar surface area (TPSA) is 9.23 Å². The van der Waals surface area contributed by atoms with Gasteiger partial charge in [0.15, 0.2) is 0 Å². The van der Waals surface area contributed by atoms with Crippen molar-refractivity contribution in [1.29, 1.82) is 0 Å². The van der Waals surface area contributed by atoms with Crippen LogP contribution in [0.1, 0.15) is 16.7 Å². The lowest BCUT2D eigenvalue weighted by atomic mass is 10.1. The Morgan fingerprint density at radius 3 is 2.75 bits per heavy atom. The Hall–Kier alpha value is -1.32. The van der Waals surface area contributed by atoms with E-state index in [9.17, 15) is 0 Å². The monoisotopic (exact) mass is 346 g/mol. The van der Waals surface area contributed by atoms with Gasteiger partial charge in [-0.1, -0.05) is 52.3 Å². The smallest absolute Gasteiger partial charge is 0.126 e. The van der Waals surface area contributed by atoms with Crippen LogP contribution in [0.4, 0.5) is 0 Å². The van der Waals surface area contributed by atoms with Crippen molar-refractivity contribution < 1.29 is 4.74 Å². The Bertz CT molecular complexity index is 733. The molecule has 0 saturated carbocycles. The molecule has 1 nitrogen and oxygen atoms in total. The molecular weight excluding hydrogens is 332 g/mol. The number of hydrogen-bond acceptors (Lipinski definition) is 2. The van der Waals surface area contributed by atoms with Crippen molar-refractivity contribution in [2.45, 2.75) is 18.9 Å². The highest BCUT2D eigenvalue weighted by atomic mass is 79.9. The number of alkyl halides is 1. The first-order valence-electron chi connectivity index (χ1n) is 6.52. The fraction of sp³-hybridized carbons (Fsp3) is 0.176. The quantitative estimate of drug-likeness (QED) is 0.552. The average Bonchev–Trinajstić information content (AvgIpc) is 2.89. The van der Waals surface area contributed by atoms with Gasteiger partial charge in [-0.15, -0.1) is 11.3 Å². The second kappa shape index (κ2) is 5.98. The molecule has 0 amide bonds. The summed E-state index contributed by atoms with van der Waals surface area (Å²) in [4.78, 5) is 0. The fourth-order valence-electron chi connectivity index (χ4n) is 2.32. The van der Waals surface area contributed by atoms with Crippen molar-refractivity contribution in [3.05, 3.63) is 64.5 Å². The molecule has 102 valence electrons. The van der Waals surface area contributed by atoms with E-state index in [0.717, 1.165) is 11.1 Å². The summed E-state index contributed by atoms with van der Waals surface area (Å²) >= 11 is 5.30. The Morgan fingerprint density at radius 1 is 1.05 bits per heavy atom. The maximum absolute atomic E-state index is 6.09. The Morgan fingerprint density at radius 2 is 1.90 bits per heavy atom. The maximum Gasteiger partial charge on any atom is 0.126 e. The highest BCUT2D eigenvalue weighted by Crippen LogP contribution is 2.29. The summed E-state index contributed by atoms with van der Waals surface area (Å²) in [7, 11) is 0. The molecule has 3 heteroatoms. The predicted octanol–water partition coefficient (Wildman–Crippen LogP) is 5.68. The fourth-order valence-corrected chi connectivity index (χ4v) is 3.71. The van der Waals surface area contributed by atoms with Crippen LogP contribution in [0.15, 0.2) is 47.8 Å². The highest BCUT2D eigenvalue weighted by Gasteiger charge is 2.08. The zero-order valence-corrected chi connectivity index (χ0v) is 13.6. The van der Waals surface area contributed by atoms with Gasteiger partial charge in [0.1, 0.15) is 12.4 Å². The maximum atomic E-state index is 6.09. The van der Waals surface area contributed by atoms with Gasteiger partial charge in [0.2, 0.25) is 0 Å². The van der Waals surface area contributed by atoms with Crippen LogP contribution >= 0.6 is 27.3 Å². The summed E-state index contributed by atoms with van der Waals surface area (Å²) in [6.07, 6.45) is 0. The van der Waals surface area contributed by atoms with Crippen molar-refractivity contribution in [2.75, 3.05) is 0 Å². The first kappa shape index (κ1) is 13.7. The van der Waals surface area contributed by atoms with E-state index < -0.39 is 0 Å². The number of aryl methyl sites for hydroxylation is 1.